The van der Waals surface area contributed by atoms with E-state index >= 15 is 0 Å². The van der Waals surface area contributed by atoms with E-state index in [4.69, 9.17) is 9.47 Å². The second-order valence-corrected chi connectivity index (χ2v) is 11.6. The lowest BCUT2D eigenvalue weighted by molar-refractivity contribution is -0.150. The number of aromatic hydroxyl groups is 1. The van der Waals surface area contributed by atoms with Gasteiger partial charge in [0.15, 0.2) is 0 Å². The van der Waals surface area contributed by atoms with Crippen LogP contribution >= 0.6 is 0 Å². The van der Waals surface area contributed by atoms with Crippen LogP contribution in [0.5, 0.6) is 5.75 Å². The fourth-order valence-corrected chi connectivity index (χ4v) is 5.16. The number of epoxide rings is 1. The van der Waals surface area contributed by atoms with Gasteiger partial charge in [0.1, 0.15) is 30.0 Å². The Labute approximate surface area is 245 Å². The van der Waals surface area contributed by atoms with E-state index in [1.807, 2.05) is 13.8 Å². The van der Waals surface area contributed by atoms with Gasteiger partial charge in [0.05, 0.1) is 20.3 Å². The Morgan fingerprint density at radius 2 is 1.74 bits per heavy atom. The minimum absolute atomic E-state index is 0.00222. The Morgan fingerprint density at radius 1 is 1.07 bits per heavy atom. The van der Waals surface area contributed by atoms with Crippen molar-refractivity contribution in [3.05, 3.63) is 29.3 Å². The number of carbonyl (C=O) groups excluding carboxylic acids is 5. The first-order chi connectivity index (χ1) is 19.7. The number of nitrogens with one attached hydrogen (secondary N) is 3. The van der Waals surface area contributed by atoms with Gasteiger partial charge < -0.3 is 40.5 Å². The molecule has 2 heterocycles. The zero-order valence-corrected chi connectivity index (χ0v) is 24.9. The van der Waals surface area contributed by atoms with Crippen LogP contribution in [0.25, 0.3) is 0 Å². The Kier molecular flexibility index (Phi) is 10.6. The van der Waals surface area contributed by atoms with Gasteiger partial charge in [-0.1, -0.05) is 33.8 Å². The monoisotopic (exact) mass is 590 g/mol. The van der Waals surface area contributed by atoms with Crippen LogP contribution in [0.4, 0.5) is 0 Å². The molecule has 0 aliphatic carbocycles. The fourth-order valence-electron chi connectivity index (χ4n) is 5.16. The molecule has 13 heteroatoms. The molecule has 0 saturated carbocycles. The standard InChI is InChI=1S/C29H42N4O9/c1-15(2)12-19(27(39)33-11-10-22-29(14-33,42-22)28(40)41-6)30-25(37)20(13-34)31-26(38)23(16(3)4)32-24(36)18-8-7-9-21(35)17(18)5/h7-9,15-16,19-20,22-23,34-35H,10-14H2,1-6H3,(H,30,37)(H,31,38)(H,32,36)/t19-,20-,22?,23-,29?/m0/s1. The number of hydrogen-bond acceptors (Lipinski definition) is 9. The number of fused-ring (bicyclic) bond motifs is 1. The minimum Gasteiger partial charge on any atom is -0.508 e. The molecular weight excluding hydrogens is 548 g/mol. The number of aliphatic hydroxyl groups excluding tert-OH is 1. The van der Waals surface area contributed by atoms with Crippen LogP contribution in [-0.4, -0.2) is 101 Å². The van der Waals surface area contributed by atoms with Gasteiger partial charge in [0.25, 0.3) is 5.91 Å². The number of benzene rings is 1. The molecule has 232 valence electrons. The molecule has 2 aliphatic heterocycles. The van der Waals surface area contributed by atoms with E-state index in [2.05, 4.69) is 16.0 Å². The lowest BCUT2D eigenvalue weighted by atomic mass is 9.95. The third kappa shape index (κ3) is 7.19. The van der Waals surface area contributed by atoms with Crippen molar-refractivity contribution >= 4 is 29.6 Å². The van der Waals surface area contributed by atoms with Crippen LogP contribution in [0.15, 0.2) is 18.2 Å². The van der Waals surface area contributed by atoms with Crippen molar-refractivity contribution in [2.45, 2.75) is 77.3 Å². The van der Waals surface area contributed by atoms with E-state index in [1.165, 1.54) is 30.2 Å². The number of methoxy groups -OCH3 is 1. The number of esters is 1. The summed E-state index contributed by atoms with van der Waals surface area (Å²) in [5.41, 5.74) is -0.653. The van der Waals surface area contributed by atoms with Crippen molar-refractivity contribution in [2.24, 2.45) is 11.8 Å². The summed E-state index contributed by atoms with van der Waals surface area (Å²) in [7, 11) is 1.25. The second-order valence-electron chi connectivity index (χ2n) is 11.6. The van der Waals surface area contributed by atoms with Crippen molar-refractivity contribution in [1.29, 1.82) is 0 Å². The smallest absolute Gasteiger partial charge is 0.342 e. The molecule has 2 unspecified atom stereocenters. The van der Waals surface area contributed by atoms with E-state index in [0.29, 0.717) is 18.5 Å². The summed E-state index contributed by atoms with van der Waals surface area (Å²) in [6.07, 6.45) is 0.409. The molecule has 2 saturated heterocycles. The number of phenolic OH excluding ortho intramolecular Hbond substituents is 1. The highest BCUT2D eigenvalue weighted by molar-refractivity contribution is 6.00. The number of ether oxygens (including phenoxy) is 2. The SMILES string of the molecule is COC(=O)C12CN(C(=O)[C@H](CC(C)C)NC(=O)[C@H](CO)NC(=O)[C@@H](NC(=O)c3cccc(O)c3C)C(C)C)CCC1O2. The highest BCUT2D eigenvalue weighted by Crippen LogP contribution is 2.44. The van der Waals surface area contributed by atoms with Crippen LogP contribution < -0.4 is 16.0 Å². The highest BCUT2D eigenvalue weighted by Gasteiger charge is 2.66. The van der Waals surface area contributed by atoms with Gasteiger partial charge >= 0.3 is 5.97 Å². The molecular formula is C29H42N4O9. The maximum Gasteiger partial charge on any atom is 0.342 e. The average molecular weight is 591 g/mol. The fraction of sp³-hybridized carbons (Fsp3) is 0.621. The summed E-state index contributed by atoms with van der Waals surface area (Å²) < 4.78 is 10.4. The Bertz CT molecular complexity index is 1200. The number of aliphatic hydroxyl groups is 1. The van der Waals surface area contributed by atoms with Gasteiger partial charge in [0.2, 0.25) is 23.3 Å². The average Bonchev–Trinajstić information content (AvgIpc) is 3.69. The normalized spacial score (nSPS) is 21.5. The molecule has 0 bridgehead atoms. The van der Waals surface area contributed by atoms with Crippen LogP contribution in [0.3, 0.4) is 0 Å². The molecule has 5 atom stereocenters. The molecule has 42 heavy (non-hydrogen) atoms. The molecule has 0 spiro atoms. The van der Waals surface area contributed by atoms with Gasteiger partial charge in [0, 0.05) is 17.7 Å². The third-order valence-electron chi connectivity index (χ3n) is 7.67. The maximum atomic E-state index is 13.5. The molecule has 1 aromatic carbocycles. The number of nitrogens with zero attached hydrogens (tertiary/aromatic N) is 1. The van der Waals surface area contributed by atoms with Crippen LogP contribution in [-0.2, 0) is 28.7 Å². The first kappa shape index (κ1) is 32.8. The van der Waals surface area contributed by atoms with Crippen LogP contribution in [0, 0.1) is 18.8 Å². The van der Waals surface area contributed by atoms with E-state index in [1.54, 1.807) is 20.8 Å². The van der Waals surface area contributed by atoms with Crippen molar-refractivity contribution in [3.8, 4) is 5.75 Å². The lowest BCUT2D eigenvalue weighted by Crippen LogP contribution is -2.60. The number of piperidine rings is 1. The highest BCUT2D eigenvalue weighted by atomic mass is 16.7. The molecule has 13 nitrogen and oxygen atoms in total. The summed E-state index contributed by atoms with van der Waals surface area (Å²) >= 11 is 0. The first-order valence-electron chi connectivity index (χ1n) is 14.1. The van der Waals surface area contributed by atoms with Gasteiger partial charge in [-0.3, -0.25) is 19.2 Å². The van der Waals surface area contributed by atoms with E-state index < -0.39 is 59.9 Å². The predicted molar refractivity (Wildman–Crippen MR) is 150 cm³/mol. The lowest BCUT2D eigenvalue weighted by Gasteiger charge is -2.33. The Balaban J connectivity index is 1.69. The molecule has 0 aromatic heterocycles. The van der Waals surface area contributed by atoms with Gasteiger partial charge in [-0.2, -0.15) is 0 Å². The predicted octanol–water partition coefficient (Wildman–Crippen LogP) is 0.00592. The molecule has 4 amide bonds. The zero-order chi connectivity index (χ0) is 31.4. The summed E-state index contributed by atoms with van der Waals surface area (Å²) in [4.78, 5) is 66.6. The number of rotatable bonds is 12. The summed E-state index contributed by atoms with van der Waals surface area (Å²) in [6, 6.07) is 1.02. The Morgan fingerprint density at radius 3 is 2.33 bits per heavy atom. The van der Waals surface area contributed by atoms with Crippen LogP contribution in [0.2, 0.25) is 0 Å². The van der Waals surface area contributed by atoms with Crippen molar-refractivity contribution in [1.82, 2.24) is 20.9 Å². The van der Waals surface area contributed by atoms with Crippen molar-refractivity contribution in [3.63, 3.8) is 0 Å². The summed E-state index contributed by atoms with van der Waals surface area (Å²) in [5, 5.41) is 27.7. The molecule has 2 fully saturated rings. The molecule has 5 N–H and O–H groups in total. The maximum absolute atomic E-state index is 13.5. The van der Waals surface area contributed by atoms with E-state index in [9.17, 15) is 34.2 Å². The third-order valence-corrected chi connectivity index (χ3v) is 7.67. The number of likely N-dealkylation sites (tertiary alicyclic amines) is 1. The summed E-state index contributed by atoms with van der Waals surface area (Å²) in [5.74, 6) is -3.48. The zero-order valence-electron chi connectivity index (χ0n) is 24.9. The second kappa shape index (κ2) is 13.5. The number of carbonyl (C=O) groups is 5. The van der Waals surface area contributed by atoms with Crippen LogP contribution in [0.1, 0.15) is 56.5 Å². The largest absolute Gasteiger partial charge is 0.508 e. The van der Waals surface area contributed by atoms with Gasteiger partial charge in [-0.15, -0.1) is 0 Å². The quantitative estimate of drug-likeness (QED) is 0.165. The topological polar surface area (TPSA) is 187 Å². The van der Waals surface area contributed by atoms with E-state index in [-0.39, 0.29) is 42.2 Å². The summed E-state index contributed by atoms with van der Waals surface area (Å²) in [6.45, 7) is 8.34. The molecule has 0 radical (unpaired) electrons. The number of amides is 4. The van der Waals surface area contributed by atoms with Crippen molar-refractivity contribution < 1.29 is 43.7 Å². The van der Waals surface area contributed by atoms with Crippen molar-refractivity contribution in [2.75, 3.05) is 26.8 Å². The molecule has 2 aliphatic rings. The van der Waals surface area contributed by atoms with Gasteiger partial charge in [-0.25, -0.2) is 4.79 Å². The molecule has 1 aromatic rings. The first-order valence-corrected chi connectivity index (χ1v) is 14.1. The van der Waals surface area contributed by atoms with E-state index in [0.717, 1.165) is 0 Å². The Hall–Kier alpha value is -3.71. The van der Waals surface area contributed by atoms with Gasteiger partial charge in [-0.05, 0) is 43.7 Å². The minimum atomic E-state index is -1.40. The number of phenols is 1. The molecule has 3 rings (SSSR count). The number of hydrogen-bond donors (Lipinski definition) is 5.